The average Bonchev–Trinajstić information content (AvgIpc) is 2.76. The summed E-state index contributed by atoms with van der Waals surface area (Å²) in [5.74, 6) is -0.246. The zero-order valence-corrected chi connectivity index (χ0v) is 16.6. The Bertz CT molecular complexity index is 987. The standard InChI is InChI=1S/C17H22ClFN4O3S/c1-2-8-23-17(24)22-9-7-14(4-6-16(22)20-23)21-27(25,26)11-12-10-13(19)3-5-15(12)18/h3,5,10,14,21H,2,4,6-9,11H2,1H3. The van der Waals surface area contributed by atoms with E-state index in [0.29, 0.717) is 38.2 Å². The van der Waals surface area contributed by atoms with Crippen LogP contribution in [0.4, 0.5) is 4.39 Å². The van der Waals surface area contributed by atoms with Crippen LogP contribution in [0.5, 0.6) is 0 Å². The molecule has 1 unspecified atom stereocenters. The largest absolute Gasteiger partial charge is 0.345 e. The topological polar surface area (TPSA) is 86.0 Å². The molecule has 1 N–H and O–H groups in total. The first kappa shape index (κ1) is 20.0. The molecule has 1 atom stereocenters. The first-order valence-electron chi connectivity index (χ1n) is 8.89. The second-order valence-electron chi connectivity index (χ2n) is 6.71. The van der Waals surface area contributed by atoms with Crippen LogP contribution < -0.4 is 10.4 Å². The van der Waals surface area contributed by atoms with E-state index in [9.17, 15) is 17.6 Å². The zero-order chi connectivity index (χ0) is 19.6. The van der Waals surface area contributed by atoms with Gasteiger partial charge < -0.3 is 0 Å². The summed E-state index contributed by atoms with van der Waals surface area (Å²) < 4.78 is 44.1. The number of sulfonamides is 1. The molecule has 0 spiro atoms. The lowest BCUT2D eigenvalue weighted by molar-refractivity contribution is 0.483. The van der Waals surface area contributed by atoms with Gasteiger partial charge in [0.25, 0.3) is 0 Å². The Hall–Kier alpha value is -1.71. The van der Waals surface area contributed by atoms with Gasteiger partial charge in [-0.2, -0.15) is 5.10 Å². The summed E-state index contributed by atoms with van der Waals surface area (Å²) >= 11 is 5.97. The minimum atomic E-state index is -3.70. The summed E-state index contributed by atoms with van der Waals surface area (Å²) in [6.45, 7) is 2.96. The maximum Gasteiger partial charge on any atom is 0.345 e. The molecule has 1 aromatic heterocycles. The third kappa shape index (κ3) is 4.77. The maximum atomic E-state index is 13.4. The number of nitrogens with one attached hydrogen (secondary N) is 1. The van der Waals surface area contributed by atoms with Crippen molar-refractivity contribution in [1.29, 1.82) is 0 Å². The SMILES string of the molecule is CCCn1nc2n(c1=O)CCC(NS(=O)(=O)Cc1cc(F)ccc1Cl)CC2. The molecule has 1 aliphatic heterocycles. The van der Waals surface area contributed by atoms with Crippen LogP contribution in [0.2, 0.25) is 5.02 Å². The molecule has 10 heteroatoms. The van der Waals surface area contributed by atoms with Gasteiger partial charge in [0, 0.05) is 30.6 Å². The van der Waals surface area contributed by atoms with Crippen LogP contribution in [0.25, 0.3) is 0 Å². The molecule has 1 aliphatic rings. The van der Waals surface area contributed by atoms with Gasteiger partial charge in [-0.15, -0.1) is 0 Å². The van der Waals surface area contributed by atoms with Crippen molar-refractivity contribution >= 4 is 21.6 Å². The number of fused-ring (bicyclic) bond motifs is 1. The van der Waals surface area contributed by atoms with Crippen molar-refractivity contribution in [3.8, 4) is 0 Å². The minimum absolute atomic E-state index is 0.151. The average molecular weight is 417 g/mol. The molecule has 0 aliphatic carbocycles. The Morgan fingerprint density at radius 2 is 2.15 bits per heavy atom. The van der Waals surface area contributed by atoms with Gasteiger partial charge in [-0.25, -0.2) is 27.0 Å². The van der Waals surface area contributed by atoms with Crippen molar-refractivity contribution in [3.63, 3.8) is 0 Å². The molecule has 0 bridgehead atoms. The number of nitrogens with zero attached hydrogens (tertiary/aromatic N) is 3. The van der Waals surface area contributed by atoms with Gasteiger partial charge in [0.1, 0.15) is 11.6 Å². The quantitative estimate of drug-likeness (QED) is 0.781. The highest BCUT2D eigenvalue weighted by atomic mass is 35.5. The van der Waals surface area contributed by atoms with Gasteiger partial charge in [-0.3, -0.25) is 4.57 Å². The summed E-state index contributed by atoms with van der Waals surface area (Å²) in [6, 6.07) is 3.33. The second-order valence-corrected chi connectivity index (χ2v) is 8.87. The van der Waals surface area contributed by atoms with E-state index >= 15 is 0 Å². The summed E-state index contributed by atoms with van der Waals surface area (Å²) in [5, 5.41) is 4.56. The second kappa shape index (κ2) is 8.12. The number of hydrogen-bond acceptors (Lipinski definition) is 4. The van der Waals surface area contributed by atoms with Crippen molar-refractivity contribution in [1.82, 2.24) is 19.1 Å². The van der Waals surface area contributed by atoms with Crippen LogP contribution in [0.3, 0.4) is 0 Å². The molecule has 0 amide bonds. The van der Waals surface area contributed by atoms with E-state index in [1.807, 2.05) is 6.92 Å². The van der Waals surface area contributed by atoms with Gasteiger partial charge in [0.15, 0.2) is 0 Å². The number of aryl methyl sites for hydroxylation is 2. The number of aromatic nitrogens is 3. The predicted octanol–water partition coefficient (Wildman–Crippen LogP) is 2.07. The normalized spacial score (nSPS) is 17.5. The van der Waals surface area contributed by atoms with Crippen LogP contribution in [-0.2, 0) is 35.3 Å². The molecule has 0 radical (unpaired) electrons. The monoisotopic (exact) mass is 416 g/mol. The molecular formula is C17H22ClFN4O3S. The first-order valence-corrected chi connectivity index (χ1v) is 10.9. The van der Waals surface area contributed by atoms with E-state index in [-0.39, 0.29) is 22.3 Å². The van der Waals surface area contributed by atoms with Gasteiger partial charge >= 0.3 is 5.69 Å². The van der Waals surface area contributed by atoms with Crippen LogP contribution in [0.1, 0.15) is 37.6 Å². The third-order valence-corrected chi connectivity index (χ3v) is 6.30. The van der Waals surface area contributed by atoms with Gasteiger partial charge in [-0.1, -0.05) is 18.5 Å². The number of hydrogen-bond donors (Lipinski definition) is 1. The lowest BCUT2D eigenvalue weighted by atomic mass is 10.1. The van der Waals surface area contributed by atoms with Crippen molar-refractivity contribution in [3.05, 3.63) is 50.9 Å². The fraction of sp³-hybridized carbons (Fsp3) is 0.529. The van der Waals surface area contributed by atoms with Gasteiger partial charge in [0.05, 0.1) is 5.75 Å². The van der Waals surface area contributed by atoms with Crippen molar-refractivity contribution < 1.29 is 12.8 Å². The molecule has 3 rings (SSSR count). The number of benzene rings is 1. The van der Waals surface area contributed by atoms with E-state index in [4.69, 9.17) is 11.6 Å². The minimum Gasteiger partial charge on any atom is -0.279 e. The summed E-state index contributed by atoms with van der Waals surface area (Å²) in [4.78, 5) is 12.3. The third-order valence-electron chi connectivity index (χ3n) is 4.55. The fourth-order valence-corrected chi connectivity index (χ4v) is 5.00. The van der Waals surface area contributed by atoms with E-state index in [2.05, 4.69) is 9.82 Å². The smallest absolute Gasteiger partial charge is 0.279 e. The Balaban J connectivity index is 1.68. The van der Waals surface area contributed by atoms with Gasteiger partial charge in [-0.05, 0) is 43.0 Å². The number of halogens is 2. The first-order chi connectivity index (χ1) is 12.8. The van der Waals surface area contributed by atoms with E-state index < -0.39 is 21.6 Å². The molecule has 148 valence electrons. The Morgan fingerprint density at radius 1 is 1.37 bits per heavy atom. The predicted molar refractivity (Wildman–Crippen MR) is 101 cm³/mol. The molecule has 7 nitrogen and oxygen atoms in total. The number of rotatable bonds is 6. The molecular weight excluding hydrogens is 395 g/mol. The molecule has 2 heterocycles. The molecule has 0 fully saturated rings. The lowest BCUT2D eigenvalue weighted by Crippen LogP contribution is -2.36. The van der Waals surface area contributed by atoms with E-state index in [0.717, 1.165) is 12.5 Å². The molecule has 2 aromatic rings. The maximum absolute atomic E-state index is 13.4. The van der Waals surface area contributed by atoms with Crippen LogP contribution >= 0.6 is 11.6 Å². The highest BCUT2D eigenvalue weighted by Crippen LogP contribution is 2.20. The highest BCUT2D eigenvalue weighted by Gasteiger charge is 2.25. The molecule has 0 saturated carbocycles. The highest BCUT2D eigenvalue weighted by molar-refractivity contribution is 7.88. The summed E-state index contributed by atoms with van der Waals surface area (Å²) in [6.07, 6.45) is 2.36. The van der Waals surface area contributed by atoms with Crippen LogP contribution in [-0.4, -0.2) is 28.8 Å². The van der Waals surface area contributed by atoms with Crippen molar-refractivity contribution in [2.45, 2.75) is 57.5 Å². The van der Waals surface area contributed by atoms with E-state index in [1.54, 1.807) is 4.57 Å². The van der Waals surface area contributed by atoms with E-state index in [1.165, 1.54) is 16.8 Å². The van der Waals surface area contributed by atoms with Crippen molar-refractivity contribution in [2.75, 3.05) is 0 Å². The molecule has 27 heavy (non-hydrogen) atoms. The lowest BCUT2D eigenvalue weighted by Gasteiger charge is -2.16. The summed E-state index contributed by atoms with van der Waals surface area (Å²) in [7, 11) is -3.70. The van der Waals surface area contributed by atoms with Gasteiger partial charge in [0.2, 0.25) is 10.0 Å². The Labute approximate surface area is 162 Å². The summed E-state index contributed by atoms with van der Waals surface area (Å²) in [5.41, 5.74) is 0.0649. The van der Waals surface area contributed by atoms with Crippen LogP contribution in [0.15, 0.2) is 23.0 Å². The Morgan fingerprint density at radius 3 is 2.89 bits per heavy atom. The van der Waals surface area contributed by atoms with Crippen molar-refractivity contribution in [2.24, 2.45) is 0 Å². The Kier molecular flexibility index (Phi) is 6.02. The molecule has 1 aromatic carbocycles. The zero-order valence-electron chi connectivity index (χ0n) is 15.0. The molecule has 0 saturated heterocycles. The van der Waals surface area contributed by atoms with Crippen LogP contribution in [0, 0.1) is 5.82 Å². The fourth-order valence-electron chi connectivity index (χ4n) is 3.26.